The summed E-state index contributed by atoms with van der Waals surface area (Å²) in [4.78, 5) is 14.4. The number of nitrogens with zero attached hydrogens (tertiary/aromatic N) is 2. The summed E-state index contributed by atoms with van der Waals surface area (Å²) in [6.45, 7) is 2.39. The van der Waals surface area contributed by atoms with Gasteiger partial charge in [0.05, 0.1) is 0 Å². The van der Waals surface area contributed by atoms with Gasteiger partial charge in [-0.2, -0.15) is 0 Å². The third-order valence-corrected chi connectivity index (χ3v) is 5.43. The molecule has 5 nitrogen and oxygen atoms in total. The zero-order chi connectivity index (χ0) is 15.4. The van der Waals surface area contributed by atoms with Gasteiger partial charge in [-0.1, -0.05) is 37.8 Å². The van der Waals surface area contributed by atoms with E-state index in [1.807, 2.05) is 14.0 Å². The highest BCUT2D eigenvalue weighted by Crippen LogP contribution is 2.43. The summed E-state index contributed by atoms with van der Waals surface area (Å²) in [7, 11) is 1.83. The molecule has 0 spiro atoms. The molecule has 2 aliphatic rings. The predicted molar refractivity (Wildman–Crippen MR) is 83.0 cm³/mol. The van der Waals surface area contributed by atoms with Gasteiger partial charge in [-0.3, -0.25) is 4.79 Å². The first-order valence-electron chi connectivity index (χ1n) is 8.25. The minimum Gasteiger partial charge on any atom is -0.409 e. The van der Waals surface area contributed by atoms with Crippen LogP contribution in [0.15, 0.2) is 5.16 Å². The zero-order valence-electron chi connectivity index (χ0n) is 13.3. The Morgan fingerprint density at radius 2 is 1.95 bits per heavy atom. The number of rotatable bonds is 4. The van der Waals surface area contributed by atoms with Crippen molar-refractivity contribution in [3.8, 4) is 0 Å². The first kappa shape index (κ1) is 16.1. The molecule has 2 aliphatic carbocycles. The van der Waals surface area contributed by atoms with Gasteiger partial charge in [0.2, 0.25) is 5.91 Å². The molecule has 0 bridgehead atoms. The Balaban J connectivity index is 1.87. The summed E-state index contributed by atoms with van der Waals surface area (Å²) in [5.74, 6) is 2.10. The van der Waals surface area contributed by atoms with Crippen molar-refractivity contribution in [1.29, 1.82) is 0 Å². The number of fused-ring (bicyclic) bond motifs is 1. The standard InChI is InChI=1S/C16H29N3O2/c1-11(15(17)18-21)10-19(2)16(20)14-8-7-12-5-3-4-6-13(12)9-14/h11-14,21H,3-10H2,1-2H3,(H2,17,18). The fraction of sp³-hybridized carbons (Fsp3) is 0.875. The summed E-state index contributed by atoms with van der Waals surface area (Å²) >= 11 is 0. The SMILES string of the molecule is CC(CN(C)C(=O)C1CCC2CCCCC2C1)C(N)=NO. The Bertz CT molecular complexity index is 397. The summed E-state index contributed by atoms with van der Waals surface area (Å²) in [5.41, 5.74) is 5.59. The molecule has 5 heteroatoms. The lowest BCUT2D eigenvalue weighted by Gasteiger charge is -2.39. The van der Waals surface area contributed by atoms with Crippen molar-refractivity contribution >= 4 is 11.7 Å². The van der Waals surface area contributed by atoms with Gasteiger partial charge in [0.1, 0.15) is 5.84 Å². The minimum atomic E-state index is -0.116. The maximum Gasteiger partial charge on any atom is 0.225 e. The van der Waals surface area contributed by atoms with Crippen molar-refractivity contribution in [2.24, 2.45) is 34.6 Å². The van der Waals surface area contributed by atoms with Crippen LogP contribution < -0.4 is 5.73 Å². The molecule has 2 rings (SSSR count). The van der Waals surface area contributed by atoms with Gasteiger partial charge in [0, 0.05) is 25.4 Å². The van der Waals surface area contributed by atoms with Crippen LogP contribution >= 0.6 is 0 Å². The molecule has 1 amide bonds. The fourth-order valence-corrected chi connectivity index (χ4v) is 4.10. The molecule has 21 heavy (non-hydrogen) atoms. The quantitative estimate of drug-likeness (QED) is 0.362. The van der Waals surface area contributed by atoms with Crippen LogP contribution in [-0.2, 0) is 4.79 Å². The Labute approximate surface area is 127 Å². The van der Waals surface area contributed by atoms with E-state index in [-0.39, 0.29) is 23.6 Å². The minimum absolute atomic E-state index is 0.116. The molecule has 0 radical (unpaired) electrons. The number of amidine groups is 1. The maximum absolute atomic E-state index is 12.6. The molecular formula is C16H29N3O2. The molecular weight excluding hydrogens is 266 g/mol. The van der Waals surface area contributed by atoms with Crippen LogP contribution in [0.4, 0.5) is 0 Å². The number of carbonyl (C=O) groups excluding carboxylic acids is 1. The third kappa shape index (κ3) is 3.89. The van der Waals surface area contributed by atoms with E-state index in [2.05, 4.69) is 5.16 Å². The molecule has 0 saturated heterocycles. The van der Waals surface area contributed by atoms with E-state index in [9.17, 15) is 4.79 Å². The van der Waals surface area contributed by atoms with Crippen molar-refractivity contribution in [2.45, 2.75) is 51.9 Å². The van der Waals surface area contributed by atoms with E-state index >= 15 is 0 Å². The van der Waals surface area contributed by atoms with E-state index < -0.39 is 0 Å². The highest BCUT2D eigenvalue weighted by Gasteiger charge is 2.36. The van der Waals surface area contributed by atoms with Crippen LogP contribution in [0.5, 0.6) is 0 Å². The first-order chi connectivity index (χ1) is 10.0. The van der Waals surface area contributed by atoms with Gasteiger partial charge in [0.25, 0.3) is 0 Å². The van der Waals surface area contributed by atoms with Crippen LogP contribution in [0.1, 0.15) is 51.9 Å². The normalized spacial score (nSPS) is 31.3. The van der Waals surface area contributed by atoms with Crippen molar-refractivity contribution in [1.82, 2.24) is 4.90 Å². The van der Waals surface area contributed by atoms with E-state index in [1.54, 1.807) is 4.90 Å². The van der Waals surface area contributed by atoms with Gasteiger partial charge >= 0.3 is 0 Å². The molecule has 3 N–H and O–H groups in total. The van der Waals surface area contributed by atoms with Crippen LogP contribution in [0.2, 0.25) is 0 Å². The number of hydrogen-bond acceptors (Lipinski definition) is 3. The second-order valence-electron chi connectivity index (χ2n) is 6.96. The number of amides is 1. The van der Waals surface area contributed by atoms with Crippen LogP contribution in [-0.4, -0.2) is 35.4 Å². The number of hydrogen-bond donors (Lipinski definition) is 2. The van der Waals surface area contributed by atoms with E-state index in [0.717, 1.165) is 24.7 Å². The first-order valence-corrected chi connectivity index (χ1v) is 8.25. The number of carbonyl (C=O) groups is 1. The lowest BCUT2D eigenvalue weighted by Crippen LogP contribution is -2.42. The Morgan fingerprint density at radius 1 is 1.29 bits per heavy atom. The average molecular weight is 295 g/mol. The highest BCUT2D eigenvalue weighted by atomic mass is 16.4. The molecule has 0 aromatic rings. The van der Waals surface area contributed by atoms with Gasteiger partial charge in [-0.15, -0.1) is 0 Å². The molecule has 0 aromatic heterocycles. The summed E-state index contributed by atoms with van der Waals surface area (Å²) in [5, 5.41) is 11.7. The molecule has 4 atom stereocenters. The Kier molecular flexibility index (Phi) is 5.48. The number of nitrogens with two attached hydrogens (primary N) is 1. The van der Waals surface area contributed by atoms with Crippen molar-refractivity contribution in [3.05, 3.63) is 0 Å². The molecule has 0 heterocycles. The number of oxime groups is 1. The van der Waals surface area contributed by atoms with Gasteiger partial charge in [-0.05, 0) is 31.1 Å². The van der Waals surface area contributed by atoms with Crippen LogP contribution in [0.3, 0.4) is 0 Å². The Morgan fingerprint density at radius 3 is 2.62 bits per heavy atom. The largest absolute Gasteiger partial charge is 0.409 e. The monoisotopic (exact) mass is 295 g/mol. The van der Waals surface area contributed by atoms with Crippen LogP contribution in [0, 0.1) is 23.7 Å². The third-order valence-electron chi connectivity index (χ3n) is 5.43. The molecule has 120 valence electrons. The van der Waals surface area contributed by atoms with Crippen molar-refractivity contribution < 1.29 is 10.0 Å². The Hall–Kier alpha value is -1.26. The fourth-order valence-electron chi connectivity index (χ4n) is 4.10. The molecule has 0 aliphatic heterocycles. The van der Waals surface area contributed by atoms with E-state index in [0.29, 0.717) is 6.54 Å². The summed E-state index contributed by atoms with van der Waals surface area (Å²) in [6, 6.07) is 0. The van der Waals surface area contributed by atoms with Gasteiger partial charge in [-0.25, -0.2) is 0 Å². The average Bonchev–Trinajstić information content (AvgIpc) is 2.52. The summed E-state index contributed by atoms with van der Waals surface area (Å²) < 4.78 is 0. The zero-order valence-corrected chi connectivity index (χ0v) is 13.3. The highest BCUT2D eigenvalue weighted by molar-refractivity contribution is 5.83. The van der Waals surface area contributed by atoms with E-state index in [1.165, 1.54) is 32.1 Å². The predicted octanol–water partition coefficient (Wildman–Crippen LogP) is 2.43. The van der Waals surface area contributed by atoms with Gasteiger partial charge in [0.15, 0.2) is 0 Å². The molecule has 4 unspecified atom stereocenters. The second-order valence-corrected chi connectivity index (χ2v) is 6.96. The van der Waals surface area contributed by atoms with E-state index in [4.69, 9.17) is 10.9 Å². The molecule has 0 aromatic carbocycles. The van der Waals surface area contributed by atoms with Gasteiger partial charge < -0.3 is 15.8 Å². The smallest absolute Gasteiger partial charge is 0.225 e. The molecule has 2 fully saturated rings. The topological polar surface area (TPSA) is 78.9 Å². The lowest BCUT2D eigenvalue weighted by molar-refractivity contribution is -0.136. The molecule has 2 saturated carbocycles. The van der Waals surface area contributed by atoms with Crippen molar-refractivity contribution in [3.63, 3.8) is 0 Å². The van der Waals surface area contributed by atoms with Crippen molar-refractivity contribution in [2.75, 3.05) is 13.6 Å². The second kappa shape index (κ2) is 7.14. The van der Waals surface area contributed by atoms with Crippen LogP contribution in [0.25, 0.3) is 0 Å². The lowest BCUT2D eigenvalue weighted by atomic mass is 9.67. The summed E-state index contributed by atoms with van der Waals surface area (Å²) in [6.07, 6.45) is 8.68. The maximum atomic E-state index is 12.6.